The van der Waals surface area contributed by atoms with Crippen LogP contribution in [0.1, 0.15) is 35.9 Å². The SMILES string of the molecule is [NH3+][C@H](c1ccc(Cl)cc1)[C@H](CCC(=O)O)c1ccc(F)c(Cl)c1. The van der Waals surface area contributed by atoms with Crippen LogP contribution in [0.3, 0.4) is 0 Å². The van der Waals surface area contributed by atoms with Crippen molar-refractivity contribution in [2.75, 3.05) is 0 Å². The second-order valence-corrected chi connectivity index (χ2v) is 6.21. The minimum atomic E-state index is -0.883. The van der Waals surface area contributed by atoms with Gasteiger partial charge in [0.15, 0.2) is 0 Å². The minimum absolute atomic E-state index is 0.000722. The molecule has 0 saturated carbocycles. The number of hydrogen-bond donors (Lipinski definition) is 2. The average Bonchev–Trinajstić information content (AvgIpc) is 2.51. The molecule has 0 amide bonds. The molecule has 2 atom stereocenters. The Hall–Kier alpha value is -1.62. The minimum Gasteiger partial charge on any atom is -0.481 e. The van der Waals surface area contributed by atoms with Crippen molar-refractivity contribution in [3.05, 3.63) is 69.5 Å². The molecule has 0 saturated heterocycles. The summed E-state index contributed by atoms with van der Waals surface area (Å²) in [7, 11) is 0. The number of rotatable bonds is 6. The smallest absolute Gasteiger partial charge is 0.303 e. The fourth-order valence-corrected chi connectivity index (χ4v) is 2.88. The second kappa shape index (κ2) is 7.77. The quantitative estimate of drug-likeness (QED) is 0.819. The topological polar surface area (TPSA) is 64.9 Å². The zero-order valence-corrected chi connectivity index (χ0v) is 13.8. The monoisotopic (exact) mass is 356 g/mol. The van der Waals surface area contributed by atoms with E-state index >= 15 is 0 Å². The molecular weight excluding hydrogens is 340 g/mol. The lowest BCUT2D eigenvalue weighted by atomic mass is 9.84. The van der Waals surface area contributed by atoms with E-state index in [1.165, 1.54) is 12.1 Å². The van der Waals surface area contributed by atoms with Crippen molar-refractivity contribution in [1.82, 2.24) is 0 Å². The van der Waals surface area contributed by atoms with Gasteiger partial charge in [-0.25, -0.2) is 4.39 Å². The van der Waals surface area contributed by atoms with Crippen LogP contribution in [0.4, 0.5) is 4.39 Å². The fraction of sp³-hybridized carbons (Fsp3) is 0.235. The van der Waals surface area contributed by atoms with Gasteiger partial charge < -0.3 is 10.8 Å². The molecule has 0 bridgehead atoms. The molecule has 6 heteroatoms. The standard InChI is InChI=1S/C17H16Cl2FNO2/c18-12-4-1-10(2-5-12)17(21)13(6-8-16(22)23)11-3-7-15(20)14(19)9-11/h1-5,7,9,13,17H,6,8,21H2,(H,22,23)/p+1/t13-,17-/m1/s1. The Labute approximate surface area is 143 Å². The van der Waals surface area contributed by atoms with Gasteiger partial charge in [0.25, 0.3) is 0 Å². The van der Waals surface area contributed by atoms with Crippen LogP contribution in [0.5, 0.6) is 0 Å². The molecule has 3 nitrogen and oxygen atoms in total. The van der Waals surface area contributed by atoms with Gasteiger partial charge in [-0.3, -0.25) is 4.79 Å². The summed E-state index contributed by atoms with van der Waals surface area (Å²) in [5.41, 5.74) is 5.88. The van der Waals surface area contributed by atoms with E-state index in [1.54, 1.807) is 18.2 Å². The average molecular weight is 357 g/mol. The highest BCUT2D eigenvalue weighted by Gasteiger charge is 2.26. The van der Waals surface area contributed by atoms with E-state index in [0.29, 0.717) is 11.4 Å². The highest BCUT2D eigenvalue weighted by atomic mass is 35.5. The molecule has 2 rings (SSSR count). The Morgan fingerprint density at radius 2 is 1.74 bits per heavy atom. The number of carboxylic acid groups (broad SMARTS) is 1. The van der Waals surface area contributed by atoms with Crippen molar-refractivity contribution in [2.24, 2.45) is 0 Å². The summed E-state index contributed by atoms with van der Waals surface area (Å²) < 4.78 is 13.4. The van der Waals surface area contributed by atoms with E-state index in [2.05, 4.69) is 5.73 Å². The molecule has 0 aliphatic carbocycles. The Kier molecular flexibility index (Phi) is 5.99. The lowest BCUT2D eigenvalue weighted by Gasteiger charge is -2.22. The van der Waals surface area contributed by atoms with Crippen LogP contribution in [-0.2, 0) is 4.79 Å². The van der Waals surface area contributed by atoms with Gasteiger partial charge in [0, 0.05) is 22.9 Å². The molecule has 122 valence electrons. The third kappa shape index (κ3) is 4.67. The fourth-order valence-electron chi connectivity index (χ4n) is 2.56. The molecule has 0 fully saturated rings. The number of aliphatic carboxylic acids is 1. The van der Waals surface area contributed by atoms with E-state index in [9.17, 15) is 9.18 Å². The van der Waals surface area contributed by atoms with Gasteiger partial charge in [0.05, 0.1) is 5.02 Å². The molecule has 23 heavy (non-hydrogen) atoms. The number of quaternary nitrogens is 1. The number of hydrogen-bond acceptors (Lipinski definition) is 1. The summed E-state index contributed by atoms with van der Waals surface area (Å²) in [6.07, 6.45) is 0.382. The molecule has 0 aromatic heterocycles. The van der Waals surface area contributed by atoms with E-state index in [4.69, 9.17) is 28.3 Å². The first kappa shape index (κ1) is 17.7. The molecular formula is C17H17Cl2FNO2+. The molecule has 0 unspecified atom stereocenters. The van der Waals surface area contributed by atoms with Crippen molar-refractivity contribution >= 4 is 29.2 Å². The molecule has 0 radical (unpaired) electrons. The van der Waals surface area contributed by atoms with E-state index < -0.39 is 11.8 Å². The Morgan fingerprint density at radius 3 is 2.30 bits per heavy atom. The van der Waals surface area contributed by atoms with E-state index in [1.807, 2.05) is 12.1 Å². The third-order valence-corrected chi connectivity index (χ3v) is 4.37. The van der Waals surface area contributed by atoms with E-state index in [0.717, 1.165) is 11.1 Å². The van der Waals surface area contributed by atoms with Crippen molar-refractivity contribution < 1.29 is 20.0 Å². The predicted octanol–water partition coefficient (Wildman–Crippen LogP) is 4.06. The highest BCUT2D eigenvalue weighted by molar-refractivity contribution is 6.31. The molecule has 2 aromatic rings. The van der Waals surface area contributed by atoms with Crippen LogP contribution in [0.2, 0.25) is 10.0 Å². The summed E-state index contributed by atoms with van der Waals surface area (Å²) in [5.74, 6) is -1.57. The first-order valence-electron chi connectivity index (χ1n) is 7.13. The van der Waals surface area contributed by atoms with Gasteiger partial charge in [-0.2, -0.15) is 0 Å². The molecule has 4 N–H and O–H groups in total. The lowest BCUT2D eigenvalue weighted by Crippen LogP contribution is -2.56. The van der Waals surface area contributed by atoms with Crippen LogP contribution in [0.25, 0.3) is 0 Å². The molecule has 0 aliphatic rings. The third-order valence-electron chi connectivity index (χ3n) is 3.82. The zero-order valence-electron chi connectivity index (χ0n) is 12.3. The van der Waals surface area contributed by atoms with Crippen molar-refractivity contribution in [3.8, 4) is 0 Å². The largest absolute Gasteiger partial charge is 0.481 e. The summed E-state index contributed by atoms with van der Waals surface area (Å²) in [4.78, 5) is 10.9. The number of carboxylic acids is 1. The maximum Gasteiger partial charge on any atom is 0.303 e. The second-order valence-electron chi connectivity index (χ2n) is 5.37. The molecule has 2 aromatic carbocycles. The molecule has 0 spiro atoms. The van der Waals surface area contributed by atoms with Gasteiger partial charge in [-0.15, -0.1) is 0 Å². The van der Waals surface area contributed by atoms with Gasteiger partial charge in [-0.1, -0.05) is 41.4 Å². The summed E-state index contributed by atoms with van der Waals surface area (Å²) in [6.45, 7) is 0. The van der Waals surface area contributed by atoms with Gasteiger partial charge >= 0.3 is 5.97 Å². The molecule has 0 heterocycles. The zero-order chi connectivity index (χ0) is 17.0. The van der Waals surface area contributed by atoms with Crippen molar-refractivity contribution in [1.29, 1.82) is 0 Å². The number of carbonyl (C=O) groups is 1. The highest BCUT2D eigenvalue weighted by Crippen LogP contribution is 2.34. The Balaban J connectivity index is 2.33. The Bertz CT molecular complexity index is 691. The van der Waals surface area contributed by atoms with Gasteiger partial charge in [0.2, 0.25) is 0 Å². The first-order chi connectivity index (χ1) is 10.9. The van der Waals surface area contributed by atoms with Crippen LogP contribution in [0, 0.1) is 5.82 Å². The van der Waals surface area contributed by atoms with Gasteiger partial charge in [0.1, 0.15) is 11.9 Å². The predicted molar refractivity (Wildman–Crippen MR) is 88.1 cm³/mol. The Morgan fingerprint density at radius 1 is 1.13 bits per heavy atom. The first-order valence-corrected chi connectivity index (χ1v) is 7.89. The maximum atomic E-state index is 13.4. The normalized spacial score (nSPS) is 13.6. The van der Waals surface area contributed by atoms with Crippen molar-refractivity contribution in [3.63, 3.8) is 0 Å². The van der Waals surface area contributed by atoms with Crippen LogP contribution >= 0.6 is 23.2 Å². The van der Waals surface area contributed by atoms with Crippen LogP contribution in [0.15, 0.2) is 42.5 Å². The summed E-state index contributed by atoms with van der Waals surface area (Å²) in [6, 6.07) is 11.5. The lowest BCUT2D eigenvalue weighted by molar-refractivity contribution is -0.433. The maximum absolute atomic E-state index is 13.4. The van der Waals surface area contributed by atoms with Crippen LogP contribution in [-0.4, -0.2) is 11.1 Å². The van der Waals surface area contributed by atoms with Gasteiger partial charge in [-0.05, 0) is 36.2 Å². The number of benzene rings is 2. The summed E-state index contributed by atoms with van der Waals surface area (Å²) >= 11 is 11.8. The van der Waals surface area contributed by atoms with E-state index in [-0.39, 0.29) is 23.4 Å². The molecule has 0 aliphatic heterocycles. The van der Waals surface area contributed by atoms with Crippen LogP contribution < -0.4 is 5.73 Å². The summed E-state index contributed by atoms with van der Waals surface area (Å²) in [5, 5.41) is 9.61. The van der Waals surface area contributed by atoms with Crippen molar-refractivity contribution in [2.45, 2.75) is 24.8 Å². The number of halogens is 3.